The Labute approximate surface area is 105 Å². The van der Waals surface area contributed by atoms with Gasteiger partial charge in [-0.15, -0.1) is 0 Å². The van der Waals surface area contributed by atoms with Gasteiger partial charge in [-0.3, -0.25) is 0 Å². The van der Waals surface area contributed by atoms with Crippen LogP contribution in [0.2, 0.25) is 0 Å². The molecule has 0 spiro atoms. The summed E-state index contributed by atoms with van der Waals surface area (Å²) in [6.07, 6.45) is 3.77. The Kier molecular flexibility index (Phi) is 3.11. The highest BCUT2D eigenvalue weighted by molar-refractivity contribution is 5.64. The molecule has 1 aliphatic rings. The zero-order valence-corrected chi connectivity index (χ0v) is 10.0. The van der Waals surface area contributed by atoms with E-state index in [0.29, 0.717) is 5.92 Å². The molecule has 0 aliphatic carbocycles. The molecule has 1 N–H and O–H groups in total. The van der Waals surface area contributed by atoms with Crippen molar-refractivity contribution in [1.29, 1.82) is 0 Å². The molecule has 1 aromatic heterocycles. The van der Waals surface area contributed by atoms with E-state index in [0.717, 1.165) is 36.4 Å². The maximum Gasteiger partial charge on any atom is 0.144 e. The van der Waals surface area contributed by atoms with Crippen LogP contribution in [0.25, 0.3) is 11.1 Å². The van der Waals surface area contributed by atoms with Gasteiger partial charge in [-0.2, -0.15) is 0 Å². The molecule has 1 saturated heterocycles. The Balaban J connectivity index is 1.84. The molecule has 94 valence electrons. The molecular formula is C14H15FN2O. The number of nitrogens with one attached hydrogen (secondary N) is 1. The summed E-state index contributed by atoms with van der Waals surface area (Å²) in [4.78, 5) is 0. The van der Waals surface area contributed by atoms with Crippen molar-refractivity contribution < 1.29 is 8.91 Å². The Hall–Kier alpha value is -1.68. The molecule has 1 fully saturated rings. The van der Waals surface area contributed by atoms with E-state index in [2.05, 4.69) is 10.5 Å². The van der Waals surface area contributed by atoms with Crippen LogP contribution < -0.4 is 5.32 Å². The predicted octanol–water partition coefficient (Wildman–Crippen LogP) is 2.63. The Morgan fingerprint density at radius 3 is 2.89 bits per heavy atom. The van der Waals surface area contributed by atoms with Crippen molar-refractivity contribution in [2.45, 2.75) is 12.8 Å². The van der Waals surface area contributed by atoms with Gasteiger partial charge < -0.3 is 9.84 Å². The quantitative estimate of drug-likeness (QED) is 0.904. The lowest BCUT2D eigenvalue weighted by Gasteiger charge is -2.06. The Morgan fingerprint density at radius 1 is 1.33 bits per heavy atom. The highest BCUT2D eigenvalue weighted by Crippen LogP contribution is 2.27. The molecule has 0 saturated carbocycles. The zero-order valence-electron chi connectivity index (χ0n) is 10.0. The summed E-state index contributed by atoms with van der Waals surface area (Å²) in [6, 6.07) is 6.45. The molecule has 2 heterocycles. The highest BCUT2D eigenvalue weighted by Gasteiger charge is 2.19. The molecule has 3 nitrogen and oxygen atoms in total. The summed E-state index contributed by atoms with van der Waals surface area (Å²) in [5, 5.41) is 7.21. The van der Waals surface area contributed by atoms with Crippen molar-refractivity contribution in [3.8, 4) is 11.1 Å². The summed E-state index contributed by atoms with van der Waals surface area (Å²) in [5.74, 6) is 1.28. The van der Waals surface area contributed by atoms with Crippen LogP contribution in [0.3, 0.4) is 0 Å². The molecule has 18 heavy (non-hydrogen) atoms. The summed E-state index contributed by atoms with van der Waals surface area (Å²) < 4.78 is 18.2. The molecule has 1 aromatic carbocycles. The normalized spacial score (nSPS) is 19.3. The molecule has 0 radical (unpaired) electrons. The number of halogens is 1. The SMILES string of the molecule is Fc1ccc(-c2cnoc2CC2CCNC2)cc1. The van der Waals surface area contributed by atoms with Crippen molar-refractivity contribution >= 4 is 0 Å². The molecule has 1 atom stereocenters. The largest absolute Gasteiger partial charge is 0.361 e. The van der Waals surface area contributed by atoms with Gasteiger partial charge >= 0.3 is 0 Å². The van der Waals surface area contributed by atoms with Gasteiger partial charge in [0.15, 0.2) is 0 Å². The third-order valence-corrected chi connectivity index (χ3v) is 3.44. The smallest absolute Gasteiger partial charge is 0.144 e. The van der Waals surface area contributed by atoms with Crippen LogP contribution in [0.1, 0.15) is 12.2 Å². The van der Waals surface area contributed by atoms with Gasteiger partial charge in [0, 0.05) is 12.0 Å². The average Bonchev–Trinajstić information content (AvgIpc) is 3.02. The zero-order chi connectivity index (χ0) is 12.4. The van der Waals surface area contributed by atoms with Gasteiger partial charge in [0.2, 0.25) is 0 Å². The molecule has 1 aliphatic heterocycles. The van der Waals surface area contributed by atoms with Gasteiger partial charge in [0.25, 0.3) is 0 Å². The number of benzene rings is 1. The first-order valence-electron chi connectivity index (χ1n) is 6.23. The van der Waals surface area contributed by atoms with Gasteiger partial charge in [0.05, 0.1) is 6.20 Å². The summed E-state index contributed by atoms with van der Waals surface area (Å²) in [6.45, 7) is 2.11. The minimum atomic E-state index is -0.225. The van der Waals surface area contributed by atoms with Gasteiger partial charge in [0.1, 0.15) is 11.6 Å². The Bertz CT molecular complexity index is 515. The van der Waals surface area contributed by atoms with E-state index < -0.39 is 0 Å². The number of hydrogen-bond donors (Lipinski definition) is 1. The van der Waals surface area contributed by atoms with Crippen molar-refractivity contribution in [3.05, 3.63) is 42.0 Å². The third kappa shape index (κ3) is 2.29. The van der Waals surface area contributed by atoms with Crippen LogP contribution in [-0.4, -0.2) is 18.2 Å². The second kappa shape index (κ2) is 4.90. The second-order valence-electron chi connectivity index (χ2n) is 4.73. The van der Waals surface area contributed by atoms with Crippen molar-refractivity contribution in [2.75, 3.05) is 13.1 Å². The first-order valence-corrected chi connectivity index (χ1v) is 6.23. The summed E-state index contributed by atoms with van der Waals surface area (Å²) in [7, 11) is 0. The van der Waals surface area contributed by atoms with Crippen molar-refractivity contribution in [1.82, 2.24) is 10.5 Å². The minimum Gasteiger partial charge on any atom is -0.361 e. The second-order valence-corrected chi connectivity index (χ2v) is 4.73. The van der Waals surface area contributed by atoms with Crippen LogP contribution in [0.4, 0.5) is 4.39 Å². The highest BCUT2D eigenvalue weighted by atomic mass is 19.1. The van der Waals surface area contributed by atoms with Gasteiger partial charge in [-0.25, -0.2) is 4.39 Å². The first kappa shape index (κ1) is 11.4. The minimum absolute atomic E-state index is 0.225. The van der Waals surface area contributed by atoms with E-state index in [9.17, 15) is 4.39 Å². The molecule has 1 unspecified atom stereocenters. The van der Waals surface area contributed by atoms with Crippen LogP contribution in [0, 0.1) is 11.7 Å². The number of aromatic nitrogens is 1. The van der Waals surface area contributed by atoms with Crippen molar-refractivity contribution in [3.63, 3.8) is 0 Å². The first-order chi connectivity index (χ1) is 8.83. The maximum atomic E-state index is 12.9. The Morgan fingerprint density at radius 2 is 2.17 bits per heavy atom. The molecule has 0 amide bonds. The number of rotatable bonds is 3. The van der Waals surface area contributed by atoms with E-state index in [1.165, 1.54) is 18.6 Å². The molecular weight excluding hydrogens is 231 g/mol. The molecule has 3 rings (SSSR count). The fourth-order valence-corrected chi connectivity index (χ4v) is 2.43. The van der Waals surface area contributed by atoms with Crippen molar-refractivity contribution in [2.24, 2.45) is 5.92 Å². The van der Waals surface area contributed by atoms with E-state index in [1.54, 1.807) is 18.3 Å². The van der Waals surface area contributed by atoms with Crippen LogP contribution >= 0.6 is 0 Å². The average molecular weight is 246 g/mol. The van der Waals surface area contributed by atoms with E-state index in [-0.39, 0.29) is 5.82 Å². The van der Waals surface area contributed by atoms with Crippen LogP contribution in [0.15, 0.2) is 35.0 Å². The van der Waals surface area contributed by atoms with E-state index in [4.69, 9.17) is 4.52 Å². The maximum absolute atomic E-state index is 12.9. The molecule has 0 bridgehead atoms. The standard InChI is InChI=1S/C14H15FN2O/c15-12-3-1-11(2-4-12)13-9-17-18-14(13)7-10-5-6-16-8-10/h1-4,9-10,16H,5-8H2. The fraction of sp³-hybridized carbons (Fsp3) is 0.357. The molecule has 2 aromatic rings. The third-order valence-electron chi connectivity index (χ3n) is 3.44. The van der Waals surface area contributed by atoms with E-state index >= 15 is 0 Å². The van der Waals surface area contributed by atoms with Gasteiger partial charge in [-0.1, -0.05) is 17.3 Å². The lowest BCUT2D eigenvalue weighted by atomic mass is 9.98. The predicted molar refractivity (Wildman–Crippen MR) is 66.6 cm³/mol. The number of hydrogen-bond acceptors (Lipinski definition) is 3. The molecule has 4 heteroatoms. The van der Waals surface area contributed by atoms with Crippen LogP contribution in [0.5, 0.6) is 0 Å². The summed E-state index contributed by atoms with van der Waals surface area (Å²) >= 11 is 0. The monoisotopic (exact) mass is 246 g/mol. The topological polar surface area (TPSA) is 38.1 Å². The van der Waals surface area contributed by atoms with E-state index in [1.807, 2.05) is 0 Å². The number of nitrogens with zero attached hydrogens (tertiary/aromatic N) is 1. The lowest BCUT2D eigenvalue weighted by molar-refractivity contribution is 0.364. The summed E-state index contributed by atoms with van der Waals surface area (Å²) in [5.41, 5.74) is 1.93. The fourth-order valence-electron chi connectivity index (χ4n) is 2.43. The van der Waals surface area contributed by atoms with Gasteiger partial charge in [-0.05, 0) is 43.1 Å². The van der Waals surface area contributed by atoms with Crippen LogP contribution in [-0.2, 0) is 6.42 Å². The lowest BCUT2D eigenvalue weighted by Crippen LogP contribution is -2.10.